The van der Waals surface area contributed by atoms with E-state index in [1.807, 2.05) is 0 Å². The average molecular weight is 433 g/mol. The highest BCUT2D eigenvalue weighted by molar-refractivity contribution is 7.89. The van der Waals surface area contributed by atoms with Crippen LogP contribution in [0.3, 0.4) is 0 Å². The minimum absolute atomic E-state index is 0.211. The first-order valence-electron chi connectivity index (χ1n) is 10.3. The maximum absolute atomic E-state index is 12.7. The van der Waals surface area contributed by atoms with Gasteiger partial charge in [-0.3, -0.25) is 4.90 Å². The molecule has 0 radical (unpaired) electrons. The third kappa shape index (κ3) is 5.35. The first-order chi connectivity index (χ1) is 14.6. The molecule has 30 heavy (non-hydrogen) atoms. The molecule has 2 saturated heterocycles. The van der Waals surface area contributed by atoms with Crippen LogP contribution in [0.15, 0.2) is 47.5 Å². The van der Waals surface area contributed by atoms with Crippen molar-refractivity contribution in [3.63, 3.8) is 0 Å². The van der Waals surface area contributed by atoms with Crippen LogP contribution in [0.25, 0.3) is 0 Å². The Morgan fingerprint density at radius 1 is 0.933 bits per heavy atom. The number of benzene rings is 1. The number of aromatic nitrogens is 1. The van der Waals surface area contributed by atoms with Gasteiger partial charge in [0.25, 0.3) is 0 Å². The maximum atomic E-state index is 12.7. The summed E-state index contributed by atoms with van der Waals surface area (Å²) in [6, 6.07) is 11.8. The number of sulfonamides is 1. The number of ether oxygens (including phenoxy) is 2. The summed E-state index contributed by atoms with van der Waals surface area (Å²) in [6.45, 7) is 6.68. The van der Waals surface area contributed by atoms with Gasteiger partial charge >= 0.3 is 0 Å². The van der Waals surface area contributed by atoms with Crippen molar-refractivity contribution in [2.45, 2.75) is 18.0 Å². The summed E-state index contributed by atoms with van der Waals surface area (Å²) in [4.78, 5) is 6.91. The van der Waals surface area contributed by atoms with Crippen LogP contribution in [-0.4, -0.2) is 75.2 Å². The zero-order valence-corrected chi connectivity index (χ0v) is 17.8. The number of hydrogen-bond acceptors (Lipinski definition) is 7. The molecule has 1 N–H and O–H groups in total. The van der Waals surface area contributed by atoms with Crippen LogP contribution in [0.1, 0.15) is 11.1 Å². The maximum Gasteiger partial charge on any atom is 0.244 e. The molecule has 2 aliphatic heterocycles. The van der Waals surface area contributed by atoms with E-state index in [1.165, 1.54) is 16.1 Å². The van der Waals surface area contributed by atoms with E-state index in [4.69, 9.17) is 9.47 Å². The van der Waals surface area contributed by atoms with Crippen molar-refractivity contribution in [3.8, 4) is 0 Å². The fraction of sp³-hybridized carbons (Fsp3) is 0.476. The van der Waals surface area contributed by atoms with Gasteiger partial charge < -0.3 is 14.8 Å². The molecule has 0 saturated carbocycles. The number of rotatable bonds is 7. The monoisotopic (exact) mass is 432 g/mol. The number of hydrogen-bond donors (Lipinski definition) is 1. The molecule has 2 aliphatic rings. The molecule has 9 heteroatoms. The lowest BCUT2D eigenvalue weighted by molar-refractivity contribution is 0.0342. The Bertz CT molecular complexity index is 924. The summed E-state index contributed by atoms with van der Waals surface area (Å²) in [6.07, 6.45) is 1.42. The van der Waals surface area contributed by atoms with Crippen LogP contribution in [-0.2, 0) is 32.6 Å². The van der Waals surface area contributed by atoms with Crippen molar-refractivity contribution < 1.29 is 17.9 Å². The van der Waals surface area contributed by atoms with E-state index in [1.54, 1.807) is 12.1 Å². The second kappa shape index (κ2) is 9.84. The average Bonchev–Trinajstić information content (AvgIpc) is 2.79. The Kier molecular flexibility index (Phi) is 6.96. The smallest absolute Gasteiger partial charge is 0.244 e. The predicted octanol–water partition coefficient (Wildman–Crippen LogP) is 1.55. The fourth-order valence-electron chi connectivity index (χ4n) is 3.62. The molecule has 162 valence electrons. The first kappa shape index (κ1) is 21.2. The van der Waals surface area contributed by atoms with Crippen molar-refractivity contribution in [2.75, 3.05) is 57.9 Å². The molecule has 0 unspecified atom stereocenters. The molecule has 8 nitrogen and oxygen atoms in total. The molecular weight excluding hydrogens is 404 g/mol. The predicted molar refractivity (Wildman–Crippen MR) is 114 cm³/mol. The molecule has 1 aromatic heterocycles. The second-order valence-electron chi connectivity index (χ2n) is 7.46. The highest BCUT2D eigenvalue weighted by Gasteiger charge is 2.26. The normalized spacial score (nSPS) is 18.9. The summed E-state index contributed by atoms with van der Waals surface area (Å²) < 4.78 is 37.4. The SMILES string of the molecule is O=S(=O)(c1ccc(NCc2cccc(CN3CCOCC3)c2)nc1)N1CCOCC1. The zero-order chi connectivity index (χ0) is 20.8. The zero-order valence-electron chi connectivity index (χ0n) is 17.0. The van der Waals surface area contributed by atoms with Crippen LogP contribution >= 0.6 is 0 Å². The molecule has 2 aromatic rings. The quantitative estimate of drug-likeness (QED) is 0.711. The van der Waals surface area contributed by atoms with Gasteiger partial charge in [-0.25, -0.2) is 13.4 Å². The lowest BCUT2D eigenvalue weighted by atomic mass is 10.1. The minimum atomic E-state index is -3.52. The molecule has 0 atom stereocenters. The first-order valence-corrected chi connectivity index (χ1v) is 11.7. The third-order valence-electron chi connectivity index (χ3n) is 5.32. The highest BCUT2D eigenvalue weighted by Crippen LogP contribution is 2.18. The number of nitrogens with zero attached hydrogens (tertiary/aromatic N) is 3. The summed E-state index contributed by atoms with van der Waals surface area (Å²) in [5.41, 5.74) is 2.43. The summed E-state index contributed by atoms with van der Waals surface area (Å²) in [5, 5.41) is 3.28. The lowest BCUT2D eigenvalue weighted by Gasteiger charge is -2.26. The van der Waals surface area contributed by atoms with Gasteiger partial charge in [0.05, 0.1) is 26.4 Å². The highest BCUT2D eigenvalue weighted by atomic mass is 32.2. The van der Waals surface area contributed by atoms with Gasteiger partial charge in [0, 0.05) is 45.5 Å². The molecule has 4 rings (SSSR count). The van der Waals surface area contributed by atoms with E-state index in [0.29, 0.717) is 38.7 Å². The Labute approximate surface area is 177 Å². The molecule has 0 bridgehead atoms. The van der Waals surface area contributed by atoms with Crippen LogP contribution < -0.4 is 5.32 Å². The van der Waals surface area contributed by atoms with Crippen molar-refractivity contribution in [2.24, 2.45) is 0 Å². The van der Waals surface area contributed by atoms with Crippen molar-refractivity contribution in [3.05, 3.63) is 53.7 Å². The van der Waals surface area contributed by atoms with E-state index < -0.39 is 10.0 Å². The molecule has 3 heterocycles. The number of pyridine rings is 1. The minimum Gasteiger partial charge on any atom is -0.379 e. The molecule has 0 spiro atoms. The molecule has 0 amide bonds. The molecule has 2 fully saturated rings. The molecular formula is C21H28N4O4S. The summed E-state index contributed by atoms with van der Waals surface area (Å²) in [5.74, 6) is 0.648. The Balaban J connectivity index is 1.34. The largest absolute Gasteiger partial charge is 0.379 e. The van der Waals surface area contributed by atoms with Gasteiger partial charge in [-0.05, 0) is 23.3 Å². The van der Waals surface area contributed by atoms with Crippen molar-refractivity contribution >= 4 is 15.8 Å². The fourth-order valence-corrected chi connectivity index (χ4v) is 4.98. The topological polar surface area (TPSA) is 84.0 Å². The third-order valence-corrected chi connectivity index (χ3v) is 7.20. The molecule has 1 aromatic carbocycles. The number of anilines is 1. The summed E-state index contributed by atoms with van der Waals surface area (Å²) >= 11 is 0. The van der Waals surface area contributed by atoms with Gasteiger partial charge in [-0.1, -0.05) is 24.3 Å². The molecule has 0 aliphatic carbocycles. The van der Waals surface area contributed by atoms with E-state index in [9.17, 15) is 8.42 Å². The van der Waals surface area contributed by atoms with Gasteiger partial charge in [-0.15, -0.1) is 0 Å². The van der Waals surface area contributed by atoms with Crippen molar-refractivity contribution in [1.29, 1.82) is 0 Å². The second-order valence-corrected chi connectivity index (χ2v) is 9.40. The van der Waals surface area contributed by atoms with Crippen LogP contribution in [0.2, 0.25) is 0 Å². The van der Waals surface area contributed by atoms with E-state index >= 15 is 0 Å². The number of nitrogens with one attached hydrogen (secondary N) is 1. The standard InChI is InChI=1S/C21H28N4O4S/c26-30(27,25-8-12-29-13-9-25)20-4-5-21(23-16-20)22-15-18-2-1-3-19(14-18)17-24-6-10-28-11-7-24/h1-5,14,16H,6-13,15,17H2,(H,22,23). The van der Waals surface area contributed by atoms with Gasteiger partial charge in [-0.2, -0.15) is 4.31 Å². The van der Waals surface area contributed by atoms with Crippen LogP contribution in [0.5, 0.6) is 0 Å². The van der Waals surface area contributed by atoms with Crippen LogP contribution in [0, 0.1) is 0 Å². The van der Waals surface area contributed by atoms with E-state index in [2.05, 4.69) is 39.5 Å². The Morgan fingerprint density at radius 3 is 2.33 bits per heavy atom. The Morgan fingerprint density at radius 2 is 1.63 bits per heavy atom. The number of morpholine rings is 2. The van der Waals surface area contributed by atoms with E-state index in [0.717, 1.165) is 38.4 Å². The summed E-state index contributed by atoms with van der Waals surface area (Å²) in [7, 11) is -3.52. The van der Waals surface area contributed by atoms with E-state index in [-0.39, 0.29) is 4.90 Å². The Hall–Kier alpha value is -2.04. The van der Waals surface area contributed by atoms with Gasteiger partial charge in [0.15, 0.2) is 0 Å². The van der Waals surface area contributed by atoms with Gasteiger partial charge in [0.2, 0.25) is 10.0 Å². The van der Waals surface area contributed by atoms with Crippen LogP contribution in [0.4, 0.5) is 5.82 Å². The van der Waals surface area contributed by atoms with Crippen molar-refractivity contribution in [1.82, 2.24) is 14.2 Å². The lowest BCUT2D eigenvalue weighted by Crippen LogP contribution is -2.40. The van der Waals surface area contributed by atoms with Gasteiger partial charge in [0.1, 0.15) is 10.7 Å².